The van der Waals surface area contributed by atoms with Crippen LogP contribution in [0.2, 0.25) is 24.7 Å². The number of benzene rings is 2. The molecular weight excluding hydrogens is 754 g/mol. The van der Waals surface area contributed by atoms with E-state index in [-0.39, 0.29) is 63.4 Å². The van der Waals surface area contributed by atoms with Crippen LogP contribution < -0.4 is 10.4 Å². The topological polar surface area (TPSA) is 164 Å². The summed E-state index contributed by atoms with van der Waals surface area (Å²) in [6.45, 7) is 42.0. The zero-order valence-corrected chi connectivity index (χ0v) is 32.2. The first kappa shape index (κ1) is 58.2. The number of esters is 1. The van der Waals surface area contributed by atoms with Crippen LogP contribution in [0.5, 0.6) is 0 Å². The molecule has 0 spiro atoms. The van der Waals surface area contributed by atoms with Gasteiger partial charge in [-0.3, -0.25) is 4.79 Å². The minimum atomic E-state index is -2.78. The van der Waals surface area contributed by atoms with Crippen molar-refractivity contribution in [3.63, 3.8) is 0 Å². The minimum absolute atomic E-state index is 0. The minimum Gasteiger partial charge on any atom is 0 e. The molecule has 1 aliphatic rings. The monoisotopic (exact) mass is 792 g/mol. The van der Waals surface area contributed by atoms with Gasteiger partial charge in [0, 0.05) is 40.5 Å². The molecule has 3 atom stereocenters. The molecule has 0 N–H and O–H groups in total. The molecular formula is C35H38Co2O10Si2. The van der Waals surface area contributed by atoms with Crippen LogP contribution in [0.3, 0.4) is 0 Å². The van der Waals surface area contributed by atoms with Crippen molar-refractivity contribution in [2.75, 3.05) is 6.61 Å². The van der Waals surface area contributed by atoms with E-state index < -0.39 is 22.5 Å². The Kier molecular flexibility index (Phi) is 39.8. The molecule has 49 heavy (non-hydrogen) atoms. The molecule has 3 rings (SSSR count). The van der Waals surface area contributed by atoms with Crippen molar-refractivity contribution in [1.82, 2.24) is 0 Å². The van der Waals surface area contributed by atoms with E-state index in [9.17, 15) is 4.79 Å². The molecule has 0 amide bonds. The SMILES string of the molecule is CC(=O)OC[C@@H]1C=C[C@@H](O[Si](c2ccccc2)(c2ccccc2)C(C)(C)C)[C@H](C#C[Si](C)(C)C)O1.[C-]#[O+].[C-]#[O+].[C-]#[O+].[C-]#[O+].[C-]#[O+].[C-]#[O+].[Co].[Co]. The van der Waals surface area contributed by atoms with Crippen molar-refractivity contribution in [1.29, 1.82) is 0 Å². The third-order valence-electron chi connectivity index (χ3n) is 5.91. The fourth-order valence-corrected chi connectivity index (χ4v) is 9.54. The number of hydrogen-bond acceptors (Lipinski definition) is 4. The molecule has 1 heterocycles. The molecule has 0 fully saturated rings. The fraction of sp³-hybridized carbons (Fsp3) is 0.343. The first-order valence-electron chi connectivity index (χ1n) is 13.4. The summed E-state index contributed by atoms with van der Waals surface area (Å²) in [5.74, 6) is 3.08. The largest absolute Gasteiger partial charge is 0 e. The predicted molar refractivity (Wildman–Crippen MR) is 172 cm³/mol. The van der Waals surface area contributed by atoms with Gasteiger partial charge in [0.1, 0.15) is 33.0 Å². The second kappa shape index (κ2) is 33.5. The molecule has 0 bridgehead atoms. The summed E-state index contributed by atoms with van der Waals surface area (Å²) in [6.07, 6.45) is 2.85. The van der Waals surface area contributed by atoms with E-state index in [1.807, 2.05) is 18.2 Å². The standard InChI is InChI=1S/C29H38O4Si2.6CO.2Co/c1-23(30)31-22-24-18-19-28(27(32-24)20-21-34(5,6)7)33-35(29(2,3)4,25-14-10-8-11-15-25)26-16-12-9-13-17-26;6*1-2;;/h8-19,24,27-28H,22H2,1-7H3;;;;;;;;/t24-,27-,28+;;;;;;;;/m0......../s1. The zero-order valence-electron chi connectivity index (χ0n) is 28.1. The van der Waals surface area contributed by atoms with E-state index in [4.69, 9.17) is 41.8 Å². The van der Waals surface area contributed by atoms with E-state index >= 15 is 0 Å². The molecule has 0 aromatic heterocycles. The van der Waals surface area contributed by atoms with Gasteiger partial charge in [0.25, 0.3) is 8.32 Å². The average molecular weight is 793 g/mol. The van der Waals surface area contributed by atoms with Crippen LogP contribution in [0.15, 0.2) is 72.8 Å². The van der Waals surface area contributed by atoms with Gasteiger partial charge in [0.05, 0.1) is 0 Å². The second-order valence-corrected chi connectivity index (χ2v) is 20.1. The van der Waals surface area contributed by atoms with Crippen LogP contribution in [0, 0.1) is 51.4 Å². The summed E-state index contributed by atoms with van der Waals surface area (Å²) in [5, 5.41) is 2.27. The van der Waals surface area contributed by atoms with Gasteiger partial charge in [-0.2, -0.15) is 0 Å². The number of rotatable bonds is 6. The van der Waals surface area contributed by atoms with Crippen LogP contribution >= 0.6 is 0 Å². The summed E-state index contributed by atoms with van der Waals surface area (Å²) in [5.41, 5.74) is 3.47. The summed E-state index contributed by atoms with van der Waals surface area (Å²) in [6, 6.07) is 21.2. The number of hydrogen-bond donors (Lipinski definition) is 0. The molecule has 2 aromatic rings. The number of carbonyl (C=O) groups is 1. The Hall–Kier alpha value is -2.98. The van der Waals surface area contributed by atoms with E-state index in [1.165, 1.54) is 17.3 Å². The molecule has 14 heteroatoms. The third-order valence-corrected chi connectivity index (χ3v) is 11.8. The zero-order chi connectivity index (χ0) is 37.7. The average Bonchev–Trinajstić information content (AvgIpc) is 3.11. The Morgan fingerprint density at radius 3 is 1.47 bits per heavy atom. The molecule has 1 aliphatic heterocycles. The van der Waals surface area contributed by atoms with Crippen molar-refractivity contribution < 1.29 is 80.2 Å². The molecule has 0 saturated carbocycles. The van der Waals surface area contributed by atoms with E-state index in [2.05, 4.69) is 146 Å². The molecule has 2 aromatic carbocycles. The van der Waals surface area contributed by atoms with Crippen molar-refractivity contribution in [2.45, 2.75) is 70.7 Å². The summed E-state index contributed by atoms with van der Waals surface area (Å²) >= 11 is 0. The van der Waals surface area contributed by atoms with Crippen LogP contribution in [-0.2, 0) is 80.2 Å². The molecule has 264 valence electrons. The van der Waals surface area contributed by atoms with E-state index in [0.717, 1.165) is 0 Å². The Morgan fingerprint density at radius 2 is 1.14 bits per heavy atom. The quantitative estimate of drug-likeness (QED) is 0.105. The molecule has 10 nitrogen and oxygen atoms in total. The normalized spacial score (nSPS) is 15.0. The molecule has 0 aliphatic carbocycles. The fourth-order valence-electron chi connectivity index (χ4n) is 4.34. The van der Waals surface area contributed by atoms with Crippen LogP contribution in [0.1, 0.15) is 27.7 Å². The Morgan fingerprint density at radius 1 is 0.755 bits per heavy atom. The maximum absolute atomic E-state index is 11.4. The van der Waals surface area contributed by atoms with Crippen molar-refractivity contribution in [3.05, 3.63) is 113 Å². The number of carbonyl (C=O) groups excluding carboxylic acids is 1. The van der Waals surface area contributed by atoms with Crippen molar-refractivity contribution in [2.24, 2.45) is 0 Å². The van der Waals surface area contributed by atoms with Gasteiger partial charge in [-0.05, 0) is 15.4 Å². The van der Waals surface area contributed by atoms with Gasteiger partial charge in [0.15, 0.2) is 0 Å². The van der Waals surface area contributed by atoms with Gasteiger partial charge in [0.2, 0.25) is 0 Å². The first-order chi connectivity index (χ1) is 22.4. The Balaban J connectivity index is -0.000000298. The molecule has 0 saturated heterocycles. The summed E-state index contributed by atoms with van der Waals surface area (Å²) in [4.78, 5) is 11.4. The van der Waals surface area contributed by atoms with Crippen molar-refractivity contribution >= 4 is 32.7 Å². The van der Waals surface area contributed by atoms with Crippen molar-refractivity contribution in [3.8, 4) is 11.5 Å². The summed E-state index contributed by atoms with van der Waals surface area (Å²) < 4.78 is 63.9. The van der Waals surface area contributed by atoms with Crippen LogP contribution in [-0.4, -0.2) is 47.3 Å². The van der Waals surface area contributed by atoms with Gasteiger partial charge < -0.3 is 13.9 Å². The smallest absolute Gasteiger partial charge is 0 e. The van der Waals surface area contributed by atoms with Crippen LogP contribution in [0.25, 0.3) is 0 Å². The van der Waals surface area contributed by atoms with Crippen LogP contribution in [0.4, 0.5) is 0 Å². The van der Waals surface area contributed by atoms with Gasteiger partial charge >= 0.3 is 73.8 Å². The summed E-state index contributed by atoms with van der Waals surface area (Å²) in [7, 11) is -4.43. The van der Waals surface area contributed by atoms with E-state index in [0.29, 0.717) is 0 Å². The first-order valence-corrected chi connectivity index (χ1v) is 18.8. The molecule has 2 radical (unpaired) electrons. The van der Waals surface area contributed by atoms with E-state index in [1.54, 1.807) is 0 Å². The Bertz CT molecular complexity index is 1280. The maximum Gasteiger partial charge on any atom is 0 e. The van der Waals surface area contributed by atoms with Gasteiger partial charge in [-0.1, -0.05) is 119 Å². The van der Waals surface area contributed by atoms with Gasteiger partial charge in [-0.15, -0.1) is 5.54 Å². The second-order valence-electron chi connectivity index (χ2n) is 11.0. The number of ether oxygens (including phenoxy) is 2. The Labute approximate surface area is 313 Å². The van der Waals surface area contributed by atoms with Gasteiger partial charge in [-0.25, -0.2) is 0 Å². The predicted octanol–water partition coefficient (Wildman–Crippen LogP) is 4.47. The molecule has 0 unspecified atom stereocenters. The third kappa shape index (κ3) is 21.0. The maximum atomic E-state index is 11.4.